The molecule has 1 aromatic heterocycles. The van der Waals surface area contributed by atoms with Crippen molar-refractivity contribution in [3.8, 4) is 0 Å². The van der Waals surface area contributed by atoms with Crippen LogP contribution in [0.1, 0.15) is 39.8 Å². The zero-order chi connectivity index (χ0) is 15.4. The summed E-state index contributed by atoms with van der Waals surface area (Å²) < 4.78 is 0. The average molecular weight is 297 g/mol. The zero-order valence-electron chi connectivity index (χ0n) is 12.5. The Kier molecular flexibility index (Phi) is 4.41. The summed E-state index contributed by atoms with van der Waals surface area (Å²) >= 11 is 0. The van der Waals surface area contributed by atoms with E-state index in [0.29, 0.717) is 18.2 Å². The first-order valence-electron chi connectivity index (χ1n) is 7.36. The summed E-state index contributed by atoms with van der Waals surface area (Å²) in [5.41, 5.74) is 9.76. The highest BCUT2D eigenvalue weighted by Gasteiger charge is 2.16. The Morgan fingerprint density at radius 3 is 2.73 bits per heavy atom. The molecule has 0 aliphatic carbocycles. The van der Waals surface area contributed by atoms with Gasteiger partial charge in [0, 0.05) is 24.3 Å². The van der Waals surface area contributed by atoms with Crippen LogP contribution in [-0.4, -0.2) is 22.4 Å². The van der Waals surface area contributed by atoms with Gasteiger partial charge < -0.3 is 5.32 Å². The van der Waals surface area contributed by atoms with E-state index in [0.717, 1.165) is 24.4 Å². The van der Waals surface area contributed by atoms with Gasteiger partial charge in [-0.25, -0.2) is 0 Å². The number of rotatable bonds is 4. The third kappa shape index (κ3) is 3.47. The molecule has 1 aliphatic heterocycles. The molecule has 1 saturated heterocycles. The minimum Gasteiger partial charge on any atom is -0.346 e. The number of nitrogens with one attached hydrogen (secondary N) is 3. The van der Waals surface area contributed by atoms with Crippen LogP contribution in [-0.2, 0) is 6.54 Å². The molecule has 1 amide bonds. The first-order valence-corrected chi connectivity index (χ1v) is 7.36. The summed E-state index contributed by atoms with van der Waals surface area (Å²) in [6.07, 6.45) is 4.42. The number of hydrogen-bond donors (Lipinski definition) is 3. The van der Waals surface area contributed by atoms with Gasteiger partial charge in [0.25, 0.3) is 5.91 Å². The van der Waals surface area contributed by atoms with Crippen molar-refractivity contribution in [2.24, 2.45) is 0 Å². The molecule has 2 heterocycles. The second-order valence-corrected chi connectivity index (χ2v) is 5.37. The van der Waals surface area contributed by atoms with Crippen molar-refractivity contribution in [3.63, 3.8) is 0 Å². The first-order chi connectivity index (χ1) is 10.7. The van der Waals surface area contributed by atoms with E-state index >= 15 is 0 Å². The van der Waals surface area contributed by atoms with E-state index in [1.54, 1.807) is 12.4 Å². The Hall–Kier alpha value is -2.31. The Morgan fingerprint density at radius 1 is 1.27 bits per heavy atom. The number of carbonyl (C=O) groups excluding carboxylic acids is 1. The number of hydrazine groups is 1. The highest BCUT2D eigenvalue weighted by molar-refractivity contribution is 5.94. The highest BCUT2D eigenvalue weighted by atomic mass is 16.1. The monoisotopic (exact) mass is 297 g/mol. The van der Waals surface area contributed by atoms with Crippen molar-refractivity contribution in [1.29, 1.82) is 0 Å². The maximum atomic E-state index is 12.1. The maximum Gasteiger partial charge on any atom is 0.251 e. The van der Waals surface area contributed by atoms with Crippen LogP contribution in [0.5, 0.6) is 0 Å². The highest BCUT2D eigenvalue weighted by Crippen LogP contribution is 2.19. The summed E-state index contributed by atoms with van der Waals surface area (Å²) in [7, 11) is 0. The molecule has 22 heavy (non-hydrogen) atoms. The van der Waals surface area contributed by atoms with Crippen molar-refractivity contribution in [2.45, 2.75) is 25.9 Å². The number of benzene rings is 1. The maximum absolute atomic E-state index is 12.1. The second-order valence-electron chi connectivity index (χ2n) is 5.37. The van der Waals surface area contributed by atoms with E-state index in [-0.39, 0.29) is 5.91 Å². The van der Waals surface area contributed by atoms with Gasteiger partial charge in [-0.15, -0.1) is 0 Å². The number of nitrogens with zero attached hydrogens (tertiary/aromatic N) is 2. The molecule has 3 N–H and O–H groups in total. The lowest BCUT2D eigenvalue weighted by Crippen LogP contribution is -2.25. The predicted molar refractivity (Wildman–Crippen MR) is 82.9 cm³/mol. The molecular weight excluding hydrogens is 278 g/mol. The molecule has 0 spiro atoms. The van der Waals surface area contributed by atoms with E-state index < -0.39 is 0 Å². The van der Waals surface area contributed by atoms with Gasteiger partial charge in [0.15, 0.2) is 0 Å². The molecule has 6 heteroatoms. The van der Waals surface area contributed by atoms with Crippen molar-refractivity contribution in [3.05, 3.63) is 59.2 Å². The molecule has 114 valence electrons. The fourth-order valence-corrected chi connectivity index (χ4v) is 2.38. The summed E-state index contributed by atoms with van der Waals surface area (Å²) in [5.74, 6) is -0.105. The van der Waals surface area contributed by atoms with Crippen LogP contribution in [0, 0.1) is 6.92 Å². The smallest absolute Gasteiger partial charge is 0.251 e. The number of amides is 1. The Balaban J connectivity index is 1.58. The minimum atomic E-state index is -0.105. The summed E-state index contributed by atoms with van der Waals surface area (Å²) in [4.78, 5) is 20.5. The zero-order valence-corrected chi connectivity index (χ0v) is 12.5. The second kappa shape index (κ2) is 6.64. The fraction of sp³-hybridized carbons (Fsp3) is 0.312. The molecule has 0 bridgehead atoms. The third-order valence-corrected chi connectivity index (χ3v) is 3.67. The number of aromatic nitrogens is 2. The molecule has 1 aliphatic rings. The topological polar surface area (TPSA) is 78.9 Å². The van der Waals surface area contributed by atoms with E-state index in [2.05, 4.69) is 26.1 Å². The van der Waals surface area contributed by atoms with Crippen molar-refractivity contribution < 1.29 is 4.79 Å². The van der Waals surface area contributed by atoms with Gasteiger partial charge >= 0.3 is 0 Å². The summed E-state index contributed by atoms with van der Waals surface area (Å²) in [5, 5.41) is 2.85. The van der Waals surface area contributed by atoms with Crippen LogP contribution in [0.2, 0.25) is 0 Å². The molecule has 1 unspecified atom stereocenters. The van der Waals surface area contributed by atoms with E-state index in [4.69, 9.17) is 0 Å². The molecule has 2 aromatic rings. The van der Waals surface area contributed by atoms with Crippen LogP contribution >= 0.6 is 0 Å². The molecule has 6 nitrogen and oxygen atoms in total. The summed E-state index contributed by atoms with van der Waals surface area (Å²) in [6, 6.07) is 8.01. The number of aryl methyl sites for hydroxylation is 1. The number of carbonyl (C=O) groups is 1. The van der Waals surface area contributed by atoms with Crippen molar-refractivity contribution in [2.75, 3.05) is 6.54 Å². The molecule has 0 radical (unpaired) electrons. The van der Waals surface area contributed by atoms with Crippen LogP contribution in [0.25, 0.3) is 0 Å². The SMILES string of the molecule is Cc1cnc(CNC(=O)c2ccc(C3CCNN3)cc2)cn1. The largest absolute Gasteiger partial charge is 0.346 e. The molecule has 1 aromatic carbocycles. The van der Waals surface area contributed by atoms with Crippen molar-refractivity contribution >= 4 is 5.91 Å². The van der Waals surface area contributed by atoms with E-state index in [1.165, 1.54) is 5.56 Å². The molecule has 3 rings (SSSR count). The fourth-order valence-electron chi connectivity index (χ4n) is 2.38. The van der Waals surface area contributed by atoms with Gasteiger partial charge in [-0.3, -0.25) is 25.6 Å². The minimum absolute atomic E-state index is 0.105. The Labute approximate surface area is 129 Å². The van der Waals surface area contributed by atoms with Gasteiger partial charge in [-0.1, -0.05) is 12.1 Å². The van der Waals surface area contributed by atoms with Crippen LogP contribution in [0.4, 0.5) is 0 Å². The van der Waals surface area contributed by atoms with Crippen LogP contribution < -0.4 is 16.2 Å². The van der Waals surface area contributed by atoms with Crippen LogP contribution in [0.3, 0.4) is 0 Å². The Morgan fingerprint density at radius 2 is 2.09 bits per heavy atom. The average Bonchev–Trinajstić information content (AvgIpc) is 3.09. The van der Waals surface area contributed by atoms with Crippen LogP contribution in [0.15, 0.2) is 36.7 Å². The van der Waals surface area contributed by atoms with Gasteiger partial charge in [0.1, 0.15) is 0 Å². The molecule has 1 fully saturated rings. The van der Waals surface area contributed by atoms with Crippen molar-refractivity contribution in [1.82, 2.24) is 26.1 Å². The standard InChI is InChI=1S/C16H19N5O/c1-11-8-18-14(9-17-11)10-19-16(22)13-4-2-12(3-5-13)15-6-7-20-21-15/h2-5,8-9,15,20-21H,6-7,10H2,1H3,(H,19,22). The first kappa shape index (κ1) is 14.6. The third-order valence-electron chi connectivity index (χ3n) is 3.67. The lowest BCUT2D eigenvalue weighted by atomic mass is 10.0. The summed E-state index contributed by atoms with van der Waals surface area (Å²) in [6.45, 7) is 3.22. The molecular formula is C16H19N5O. The molecule has 0 saturated carbocycles. The van der Waals surface area contributed by atoms with Gasteiger partial charge in [0.05, 0.1) is 24.1 Å². The van der Waals surface area contributed by atoms with Gasteiger partial charge in [-0.05, 0) is 31.0 Å². The van der Waals surface area contributed by atoms with Gasteiger partial charge in [-0.2, -0.15) is 0 Å². The molecule has 1 atom stereocenters. The van der Waals surface area contributed by atoms with Gasteiger partial charge in [0.2, 0.25) is 0 Å². The van der Waals surface area contributed by atoms with E-state index in [9.17, 15) is 4.79 Å². The quantitative estimate of drug-likeness (QED) is 0.791. The number of hydrogen-bond acceptors (Lipinski definition) is 5. The normalized spacial score (nSPS) is 17.4. The predicted octanol–water partition coefficient (Wildman–Crippen LogP) is 1.25. The van der Waals surface area contributed by atoms with E-state index in [1.807, 2.05) is 31.2 Å². The lowest BCUT2D eigenvalue weighted by molar-refractivity contribution is 0.0950. The Bertz CT molecular complexity index is 633. The lowest BCUT2D eigenvalue weighted by Gasteiger charge is -2.10.